The van der Waals surface area contributed by atoms with E-state index in [0.29, 0.717) is 12.0 Å². The highest BCUT2D eigenvalue weighted by atomic mass is 16.4. The quantitative estimate of drug-likeness (QED) is 0.721. The summed E-state index contributed by atoms with van der Waals surface area (Å²) in [5, 5.41) is 11.6. The third kappa shape index (κ3) is 2.24. The van der Waals surface area contributed by atoms with Crippen LogP contribution in [0.4, 0.5) is 0 Å². The maximum absolute atomic E-state index is 11.8. The number of aliphatic carboxylic acids is 1. The summed E-state index contributed by atoms with van der Waals surface area (Å²) in [6, 6.07) is 0. The molecule has 1 heterocycles. The number of nitrogens with one attached hydrogen (secondary N) is 2. The topological polar surface area (TPSA) is 82.2 Å². The van der Waals surface area contributed by atoms with E-state index in [0.717, 1.165) is 5.56 Å². The van der Waals surface area contributed by atoms with Crippen LogP contribution in [0.3, 0.4) is 0 Å². The molecule has 0 radical (unpaired) electrons. The predicted octanol–water partition coefficient (Wildman–Crippen LogP) is 1.31. The fourth-order valence-corrected chi connectivity index (χ4v) is 1.30. The first-order chi connectivity index (χ1) is 7.40. The molecule has 0 aromatic carbocycles. The van der Waals surface area contributed by atoms with Crippen molar-refractivity contribution in [2.75, 3.05) is 0 Å². The lowest BCUT2D eigenvalue weighted by Crippen LogP contribution is -2.51. The van der Waals surface area contributed by atoms with E-state index in [4.69, 9.17) is 5.11 Å². The molecule has 88 valence electrons. The molecule has 0 saturated heterocycles. The molecule has 0 bridgehead atoms. The van der Waals surface area contributed by atoms with Gasteiger partial charge < -0.3 is 15.4 Å². The van der Waals surface area contributed by atoms with E-state index < -0.39 is 11.5 Å². The first-order valence-corrected chi connectivity index (χ1v) is 5.10. The van der Waals surface area contributed by atoms with Gasteiger partial charge >= 0.3 is 5.97 Å². The van der Waals surface area contributed by atoms with Crippen LogP contribution in [0.25, 0.3) is 0 Å². The van der Waals surface area contributed by atoms with Gasteiger partial charge in [-0.1, -0.05) is 6.92 Å². The molecular formula is C11H16N2O3. The minimum Gasteiger partial charge on any atom is -0.480 e. The number of aromatic amines is 1. The zero-order chi connectivity index (χ0) is 12.3. The Morgan fingerprint density at radius 1 is 1.50 bits per heavy atom. The van der Waals surface area contributed by atoms with Gasteiger partial charge in [0.05, 0.1) is 5.56 Å². The van der Waals surface area contributed by atoms with Crippen LogP contribution < -0.4 is 5.32 Å². The molecule has 1 unspecified atom stereocenters. The Morgan fingerprint density at radius 3 is 2.50 bits per heavy atom. The third-order valence-corrected chi connectivity index (χ3v) is 2.77. The molecule has 0 aliphatic rings. The van der Waals surface area contributed by atoms with Crippen LogP contribution in [0.1, 0.15) is 36.2 Å². The third-order valence-electron chi connectivity index (χ3n) is 2.77. The van der Waals surface area contributed by atoms with Gasteiger partial charge in [-0.2, -0.15) is 0 Å². The minimum absolute atomic E-state index is 0.331. The Hall–Kier alpha value is -1.78. The van der Waals surface area contributed by atoms with Crippen molar-refractivity contribution in [1.82, 2.24) is 10.3 Å². The van der Waals surface area contributed by atoms with Gasteiger partial charge in [0, 0.05) is 12.4 Å². The van der Waals surface area contributed by atoms with Gasteiger partial charge in [-0.05, 0) is 25.8 Å². The normalized spacial score (nSPS) is 14.2. The molecule has 0 aliphatic carbocycles. The van der Waals surface area contributed by atoms with Crippen LogP contribution in [0.15, 0.2) is 12.4 Å². The Morgan fingerprint density at radius 2 is 2.12 bits per heavy atom. The lowest BCUT2D eigenvalue weighted by atomic mass is 9.98. The molecule has 1 rings (SSSR count). The highest BCUT2D eigenvalue weighted by molar-refractivity contribution is 5.98. The van der Waals surface area contributed by atoms with Crippen LogP contribution in [-0.4, -0.2) is 27.5 Å². The van der Waals surface area contributed by atoms with E-state index in [2.05, 4.69) is 10.3 Å². The monoisotopic (exact) mass is 224 g/mol. The molecule has 1 atom stereocenters. The maximum atomic E-state index is 11.8. The average molecular weight is 224 g/mol. The van der Waals surface area contributed by atoms with Crippen molar-refractivity contribution in [1.29, 1.82) is 0 Å². The number of carbonyl (C=O) groups is 2. The number of aryl methyl sites for hydroxylation is 1. The number of hydrogen-bond donors (Lipinski definition) is 3. The highest BCUT2D eigenvalue weighted by Crippen LogP contribution is 2.12. The van der Waals surface area contributed by atoms with Crippen molar-refractivity contribution in [2.24, 2.45) is 0 Å². The molecule has 3 N–H and O–H groups in total. The summed E-state index contributed by atoms with van der Waals surface area (Å²) >= 11 is 0. The van der Waals surface area contributed by atoms with Crippen molar-refractivity contribution in [2.45, 2.75) is 32.7 Å². The van der Waals surface area contributed by atoms with Crippen LogP contribution in [-0.2, 0) is 4.79 Å². The second-order valence-corrected chi connectivity index (χ2v) is 4.00. The first kappa shape index (κ1) is 12.3. The van der Waals surface area contributed by atoms with Crippen LogP contribution in [0, 0.1) is 6.92 Å². The Labute approximate surface area is 93.9 Å². The molecule has 1 amide bonds. The molecular weight excluding hydrogens is 208 g/mol. The van der Waals surface area contributed by atoms with Gasteiger partial charge in [-0.15, -0.1) is 0 Å². The minimum atomic E-state index is -1.22. The maximum Gasteiger partial charge on any atom is 0.329 e. The van der Waals surface area contributed by atoms with Crippen LogP contribution in [0.2, 0.25) is 0 Å². The van der Waals surface area contributed by atoms with Crippen molar-refractivity contribution >= 4 is 11.9 Å². The fraction of sp³-hybridized carbons (Fsp3) is 0.455. The van der Waals surface area contributed by atoms with Gasteiger partial charge in [0.1, 0.15) is 5.54 Å². The molecule has 1 aromatic rings. The molecule has 0 spiro atoms. The number of carbonyl (C=O) groups excluding carboxylic acids is 1. The van der Waals surface area contributed by atoms with E-state index in [-0.39, 0.29) is 5.91 Å². The molecule has 0 saturated carbocycles. The smallest absolute Gasteiger partial charge is 0.329 e. The van der Waals surface area contributed by atoms with E-state index in [1.54, 1.807) is 26.2 Å². The largest absolute Gasteiger partial charge is 0.480 e. The molecule has 0 aliphatic heterocycles. The average Bonchev–Trinajstić information content (AvgIpc) is 2.64. The molecule has 5 heteroatoms. The van der Waals surface area contributed by atoms with Crippen molar-refractivity contribution in [3.63, 3.8) is 0 Å². The Balaban J connectivity index is 2.86. The van der Waals surface area contributed by atoms with Crippen molar-refractivity contribution in [3.8, 4) is 0 Å². The number of hydrogen-bond acceptors (Lipinski definition) is 2. The number of amides is 1. The van der Waals surface area contributed by atoms with Crippen LogP contribution in [0.5, 0.6) is 0 Å². The van der Waals surface area contributed by atoms with Gasteiger partial charge in [0.2, 0.25) is 0 Å². The Bertz CT molecular complexity index is 411. The van der Waals surface area contributed by atoms with E-state index in [9.17, 15) is 9.59 Å². The van der Waals surface area contributed by atoms with Crippen LogP contribution >= 0.6 is 0 Å². The molecule has 5 nitrogen and oxygen atoms in total. The van der Waals surface area contributed by atoms with E-state index in [1.165, 1.54) is 6.92 Å². The molecule has 1 aromatic heterocycles. The molecule has 0 fully saturated rings. The van der Waals surface area contributed by atoms with Crippen molar-refractivity contribution < 1.29 is 14.7 Å². The number of H-pyrrole nitrogens is 1. The highest BCUT2D eigenvalue weighted by Gasteiger charge is 2.33. The summed E-state index contributed by atoms with van der Waals surface area (Å²) in [6.45, 7) is 5.00. The van der Waals surface area contributed by atoms with E-state index in [1.807, 2.05) is 0 Å². The second kappa shape index (κ2) is 4.38. The Kier molecular flexibility index (Phi) is 3.37. The summed E-state index contributed by atoms with van der Waals surface area (Å²) in [6.07, 6.45) is 3.58. The SMILES string of the molecule is CCC(C)(NC(=O)c1c[nH]cc1C)C(=O)O. The lowest BCUT2D eigenvalue weighted by Gasteiger charge is -2.24. The van der Waals surface area contributed by atoms with Gasteiger partial charge in [0.25, 0.3) is 5.91 Å². The fourth-order valence-electron chi connectivity index (χ4n) is 1.30. The zero-order valence-electron chi connectivity index (χ0n) is 9.63. The second-order valence-electron chi connectivity index (χ2n) is 4.00. The summed E-state index contributed by atoms with van der Waals surface area (Å²) in [4.78, 5) is 25.6. The number of carboxylic acids is 1. The van der Waals surface area contributed by atoms with Crippen molar-refractivity contribution in [3.05, 3.63) is 23.5 Å². The lowest BCUT2D eigenvalue weighted by molar-refractivity contribution is -0.143. The summed E-state index contributed by atoms with van der Waals surface area (Å²) in [5.41, 5.74) is 0.0446. The number of rotatable bonds is 4. The first-order valence-electron chi connectivity index (χ1n) is 5.10. The van der Waals surface area contributed by atoms with Gasteiger partial charge in [-0.3, -0.25) is 4.79 Å². The van der Waals surface area contributed by atoms with Gasteiger partial charge in [0.15, 0.2) is 0 Å². The van der Waals surface area contributed by atoms with Gasteiger partial charge in [-0.25, -0.2) is 4.79 Å². The predicted molar refractivity (Wildman–Crippen MR) is 59.3 cm³/mol. The summed E-state index contributed by atoms with van der Waals surface area (Å²) in [7, 11) is 0. The van der Waals surface area contributed by atoms with E-state index >= 15 is 0 Å². The summed E-state index contributed by atoms with van der Waals surface area (Å²) < 4.78 is 0. The number of carboxylic acid groups (broad SMARTS) is 1. The zero-order valence-corrected chi connectivity index (χ0v) is 9.63. The standard InChI is InChI=1S/C11H16N2O3/c1-4-11(3,10(15)16)13-9(14)8-6-12-5-7(8)2/h5-6,12H,4H2,1-3H3,(H,13,14)(H,15,16). The summed E-state index contributed by atoms with van der Waals surface area (Å²) in [5.74, 6) is -1.40. The molecule has 16 heavy (non-hydrogen) atoms. The number of aromatic nitrogens is 1.